The van der Waals surface area contributed by atoms with Crippen molar-refractivity contribution in [1.82, 2.24) is 4.90 Å². The largest absolute Gasteiger partial charge is 0.301 e. The fourth-order valence-electron chi connectivity index (χ4n) is 1.71. The molecule has 2 heteroatoms. The third kappa shape index (κ3) is 4.35. The first-order valence-electron chi connectivity index (χ1n) is 5.38. The predicted molar refractivity (Wildman–Crippen MR) is 70.6 cm³/mol. The molecule has 0 aromatic heterocycles. The Morgan fingerprint density at radius 3 is 2.47 bits per heavy atom. The van der Waals surface area contributed by atoms with E-state index in [-0.39, 0.29) is 0 Å². The average molecular weight is 270 g/mol. The summed E-state index contributed by atoms with van der Waals surface area (Å²) >= 11 is 3.57. The van der Waals surface area contributed by atoms with Gasteiger partial charge in [0.2, 0.25) is 0 Å². The fourth-order valence-corrected chi connectivity index (χ4v) is 2.20. The van der Waals surface area contributed by atoms with Crippen LogP contribution in [-0.4, -0.2) is 23.3 Å². The van der Waals surface area contributed by atoms with Gasteiger partial charge < -0.3 is 4.90 Å². The number of benzene rings is 1. The van der Waals surface area contributed by atoms with Crippen molar-refractivity contribution in [3.63, 3.8) is 0 Å². The Kier molecular flexibility index (Phi) is 4.81. The zero-order chi connectivity index (χ0) is 11.4. The Labute approximate surface area is 102 Å². The highest BCUT2D eigenvalue weighted by atomic mass is 79.9. The molecule has 0 aliphatic carbocycles. The van der Waals surface area contributed by atoms with E-state index in [1.807, 2.05) is 0 Å². The second kappa shape index (κ2) is 5.66. The quantitative estimate of drug-likeness (QED) is 0.757. The van der Waals surface area contributed by atoms with Crippen molar-refractivity contribution in [3.8, 4) is 0 Å². The lowest BCUT2D eigenvalue weighted by Gasteiger charge is -2.18. The first kappa shape index (κ1) is 12.7. The number of rotatable bonds is 4. The molecule has 0 spiro atoms. The van der Waals surface area contributed by atoms with Crippen LogP contribution in [0.5, 0.6) is 0 Å². The van der Waals surface area contributed by atoms with Gasteiger partial charge in [0.15, 0.2) is 0 Å². The highest BCUT2D eigenvalue weighted by Gasteiger charge is 2.04. The van der Waals surface area contributed by atoms with Crippen LogP contribution < -0.4 is 0 Å². The number of aryl methyl sites for hydroxylation is 2. The maximum atomic E-state index is 3.57. The number of hydrogen-bond acceptors (Lipinski definition) is 1. The molecular formula is C13H20BrN. The van der Waals surface area contributed by atoms with Gasteiger partial charge in [0.1, 0.15) is 0 Å². The van der Waals surface area contributed by atoms with Gasteiger partial charge >= 0.3 is 0 Å². The molecule has 0 saturated carbocycles. The minimum atomic E-state index is 0.550. The van der Waals surface area contributed by atoms with Crippen molar-refractivity contribution < 1.29 is 0 Å². The lowest BCUT2D eigenvalue weighted by Crippen LogP contribution is -2.23. The molecule has 0 bridgehead atoms. The molecule has 0 aliphatic heterocycles. The molecule has 0 aliphatic rings. The van der Waals surface area contributed by atoms with Gasteiger partial charge in [0.05, 0.1) is 0 Å². The lowest BCUT2D eigenvalue weighted by molar-refractivity contribution is 0.333. The zero-order valence-electron chi connectivity index (χ0n) is 10.0. The third-order valence-corrected chi connectivity index (χ3v) is 2.88. The Balaban J connectivity index is 2.60. The van der Waals surface area contributed by atoms with Crippen LogP contribution in [0.4, 0.5) is 0 Å². The minimum Gasteiger partial charge on any atom is -0.301 e. The third-order valence-electron chi connectivity index (χ3n) is 2.59. The van der Waals surface area contributed by atoms with Crippen molar-refractivity contribution >= 4 is 15.9 Å². The van der Waals surface area contributed by atoms with Gasteiger partial charge in [-0.25, -0.2) is 0 Å². The Morgan fingerprint density at radius 1 is 1.27 bits per heavy atom. The first-order valence-corrected chi connectivity index (χ1v) is 6.29. The second-order valence-electron chi connectivity index (χ2n) is 4.40. The van der Waals surface area contributed by atoms with Crippen LogP contribution in [0.1, 0.15) is 23.6 Å². The van der Waals surface area contributed by atoms with Crippen molar-refractivity contribution in [1.29, 1.82) is 0 Å². The summed E-state index contributed by atoms with van der Waals surface area (Å²) in [5, 5.41) is 0. The number of alkyl halides is 1. The van der Waals surface area contributed by atoms with Crippen LogP contribution in [0.2, 0.25) is 0 Å². The van der Waals surface area contributed by atoms with E-state index in [4.69, 9.17) is 0 Å². The molecule has 0 amide bonds. The maximum Gasteiger partial charge on any atom is 0.0244 e. The van der Waals surface area contributed by atoms with Gasteiger partial charge in [-0.05, 0) is 37.6 Å². The lowest BCUT2D eigenvalue weighted by atomic mass is 10.1. The second-order valence-corrected chi connectivity index (χ2v) is 5.96. The van der Waals surface area contributed by atoms with Gasteiger partial charge in [0.25, 0.3) is 0 Å². The Bertz CT molecular complexity index is 320. The summed E-state index contributed by atoms with van der Waals surface area (Å²) in [5.74, 6) is 0. The summed E-state index contributed by atoms with van der Waals surface area (Å²) in [4.78, 5) is 2.89. The average Bonchev–Trinajstić information content (AvgIpc) is 2.10. The van der Waals surface area contributed by atoms with Crippen molar-refractivity contribution in [2.45, 2.75) is 32.1 Å². The minimum absolute atomic E-state index is 0.550. The van der Waals surface area contributed by atoms with Crippen molar-refractivity contribution in [2.75, 3.05) is 13.6 Å². The molecule has 84 valence electrons. The summed E-state index contributed by atoms with van der Waals surface area (Å²) in [6.45, 7) is 8.61. The van der Waals surface area contributed by atoms with Crippen LogP contribution in [0.15, 0.2) is 18.2 Å². The van der Waals surface area contributed by atoms with Gasteiger partial charge in [-0.2, -0.15) is 0 Å². The summed E-state index contributed by atoms with van der Waals surface area (Å²) < 4.78 is 0. The summed E-state index contributed by atoms with van der Waals surface area (Å²) in [6, 6.07) is 6.71. The monoisotopic (exact) mass is 269 g/mol. The molecule has 1 unspecified atom stereocenters. The molecule has 1 atom stereocenters. The van der Waals surface area contributed by atoms with Crippen molar-refractivity contribution in [2.24, 2.45) is 0 Å². The summed E-state index contributed by atoms with van der Waals surface area (Å²) in [6.07, 6.45) is 0. The SMILES string of the molecule is Cc1ccc(CN(C)CC(C)Br)cc1C. The van der Waals surface area contributed by atoms with E-state index in [1.54, 1.807) is 0 Å². The van der Waals surface area contributed by atoms with Crippen LogP contribution in [0.25, 0.3) is 0 Å². The van der Waals surface area contributed by atoms with E-state index in [0.29, 0.717) is 4.83 Å². The Morgan fingerprint density at radius 2 is 1.93 bits per heavy atom. The maximum absolute atomic E-state index is 3.57. The fraction of sp³-hybridized carbons (Fsp3) is 0.538. The predicted octanol–water partition coefficient (Wildman–Crippen LogP) is 3.52. The van der Waals surface area contributed by atoms with Crippen molar-refractivity contribution in [3.05, 3.63) is 34.9 Å². The van der Waals surface area contributed by atoms with E-state index in [9.17, 15) is 0 Å². The number of hydrogen-bond donors (Lipinski definition) is 0. The highest BCUT2D eigenvalue weighted by Crippen LogP contribution is 2.12. The van der Waals surface area contributed by atoms with Crippen LogP contribution >= 0.6 is 15.9 Å². The van der Waals surface area contributed by atoms with Gasteiger partial charge in [-0.1, -0.05) is 41.1 Å². The van der Waals surface area contributed by atoms with E-state index >= 15 is 0 Å². The van der Waals surface area contributed by atoms with E-state index < -0.39 is 0 Å². The van der Waals surface area contributed by atoms with Gasteiger partial charge in [-0.3, -0.25) is 0 Å². The standard InChI is InChI=1S/C13H20BrN/c1-10-5-6-13(7-11(10)2)9-15(4)8-12(3)14/h5-7,12H,8-9H2,1-4H3. The molecule has 1 rings (SSSR count). The van der Waals surface area contributed by atoms with Gasteiger partial charge in [-0.15, -0.1) is 0 Å². The molecule has 1 aromatic carbocycles. The normalized spacial score (nSPS) is 13.2. The topological polar surface area (TPSA) is 3.24 Å². The molecule has 1 nitrogen and oxygen atoms in total. The summed E-state index contributed by atoms with van der Waals surface area (Å²) in [5.41, 5.74) is 4.15. The smallest absolute Gasteiger partial charge is 0.0244 e. The zero-order valence-corrected chi connectivity index (χ0v) is 11.6. The molecule has 15 heavy (non-hydrogen) atoms. The van der Waals surface area contributed by atoms with Crippen LogP contribution in [-0.2, 0) is 6.54 Å². The van der Waals surface area contributed by atoms with E-state index in [2.05, 4.69) is 66.8 Å². The molecule has 0 N–H and O–H groups in total. The molecule has 0 saturated heterocycles. The van der Waals surface area contributed by atoms with Crippen LogP contribution in [0, 0.1) is 13.8 Å². The number of halogens is 1. The molecule has 0 heterocycles. The van der Waals surface area contributed by atoms with E-state index in [1.165, 1.54) is 16.7 Å². The first-order chi connectivity index (χ1) is 6.99. The van der Waals surface area contributed by atoms with Crippen LogP contribution in [0.3, 0.4) is 0 Å². The highest BCUT2D eigenvalue weighted by molar-refractivity contribution is 9.09. The molecule has 1 aromatic rings. The van der Waals surface area contributed by atoms with Gasteiger partial charge in [0, 0.05) is 17.9 Å². The summed E-state index contributed by atoms with van der Waals surface area (Å²) in [7, 11) is 2.16. The molecule has 0 fully saturated rings. The Hall–Kier alpha value is -0.340. The number of nitrogens with zero attached hydrogens (tertiary/aromatic N) is 1. The van der Waals surface area contributed by atoms with E-state index in [0.717, 1.165) is 13.1 Å². The molecule has 0 radical (unpaired) electrons. The molecular weight excluding hydrogens is 250 g/mol.